The quantitative estimate of drug-likeness (QED) is 0.470. The van der Waals surface area contributed by atoms with Crippen molar-refractivity contribution in [2.75, 3.05) is 0 Å². The molecule has 3 rings (SSSR count). The summed E-state index contributed by atoms with van der Waals surface area (Å²) in [6, 6.07) is 30.5. The van der Waals surface area contributed by atoms with Crippen molar-refractivity contribution in [1.82, 2.24) is 0 Å². The predicted octanol–water partition coefficient (Wildman–Crippen LogP) is 1.82. The van der Waals surface area contributed by atoms with E-state index in [1.165, 1.54) is 11.1 Å². The molecule has 19 heavy (non-hydrogen) atoms. The number of benzene rings is 3. The second-order valence-electron chi connectivity index (χ2n) is 4.21. The molecule has 86 valence electrons. The largest absolute Gasteiger partial charge is 1.00 e. The van der Waals surface area contributed by atoms with Crippen LogP contribution >= 0.6 is 0 Å². The molecule has 0 unspecified atom stereocenters. The third-order valence-corrected chi connectivity index (χ3v) is 2.96. The minimum Gasteiger partial charge on any atom is -0.129 e. The SMILES string of the molecule is [Li+].[c-]1c(-c2ccccc2)cccc1-c1ccccc1. The van der Waals surface area contributed by atoms with Gasteiger partial charge < -0.3 is 0 Å². The van der Waals surface area contributed by atoms with Gasteiger partial charge in [0.2, 0.25) is 0 Å². The fourth-order valence-corrected chi connectivity index (χ4v) is 2.04. The van der Waals surface area contributed by atoms with E-state index in [1.807, 2.05) is 12.1 Å². The standard InChI is InChI=1S/C18H13.Li/c1-3-8-15(9-4-1)17-12-7-13-18(14-17)16-10-5-2-6-11-16;/h1-13H;/q-1;+1. The molecule has 0 aliphatic heterocycles. The maximum absolute atomic E-state index is 3.48. The van der Waals surface area contributed by atoms with E-state index in [1.54, 1.807) is 0 Å². The second kappa shape index (κ2) is 6.43. The van der Waals surface area contributed by atoms with Crippen molar-refractivity contribution in [3.8, 4) is 22.3 Å². The Labute approximate surface area is 126 Å². The van der Waals surface area contributed by atoms with Crippen LogP contribution in [0.25, 0.3) is 22.3 Å². The van der Waals surface area contributed by atoms with Gasteiger partial charge in [-0.2, -0.15) is 0 Å². The predicted molar refractivity (Wildman–Crippen MR) is 76.2 cm³/mol. The van der Waals surface area contributed by atoms with E-state index in [4.69, 9.17) is 0 Å². The maximum Gasteiger partial charge on any atom is 1.00 e. The Morgan fingerprint density at radius 1 is 0.474 bits per heavy atom. The van der Waals surface area contributed by atoms with Gasteiger partial charge in [-0.05, 0) is 0 Å². The van der Waals surface area contributed by atoms with Gasteiger partial charge in [-0.25, -0.2) is 0 Å². The third kappa shape index (κ3) is 3.18. The molecular formula is C18H13Li. The average molecular weight is 236 g/mol. The molecule has 0 heterocycles. The van der Waals surface area contributed by atoms with Gasteiger partial charge in [0, 0.05) is 0 Å². The van der Waals surface area contributed by atoms with Crippen LogP contribution in [0.4, 0.5) is 0 Å². The molecule has 3 aromatic rings. The van der Waals surface area contributed by atoms with E-state index < -0.39 is 0 Å². The second-order valence-corrected chi connectivity index (χ2v) is 4.21. The number of rotatable bonds is 2. The molecular weight excluding hydrogens is 223 g/mol. The molecule has 0 aliphatic rings. The van der Waals surface area contributed by atoms with Gasteiger partial charge in [-0.1, -0.05) is 71.8 Å². The van der Waals surface area contributed by atoms with E-state index >= 15 is 0 Å². The van der Waals surface area contributed by atoms with Gasteiger partial charge in [0.25, 0.3) is 0 Å². The van der Waals surface area contributed by atoms with Crippen molar-refractivity contribution in [2.24, 2.45) is 0 Å². The first-order chi connectivity index (χ1) is 8.93. The van der Waals surface area contributed by atoms with Gasteiger partial charge in [-0.15, -0.1) is 35.4 Å². The third-order valence-electron chi connectivity index (χ3n) is 2.96. The number of hydrogen-bond donors (Lipinski definition) is 0. The summed E-state index contributed by atoms with van der Waals surface area (Å²) in [6.45, 7) is 0. The summed E-state index contributed by atoms with van der Waals surface area (Å²) in [4.78, 5) is 0. The molecule has 0 spiro atoms. The zero-order valence-corrected chi connectivity index (χ0v) is 11.0. The summed E-state index contributed by atoms with van der Waals surface area (Å²) in [6.07, 6.45) is 0. The van der Waals surface area contributed by atoms with E-state index in [0.29, 0.717) is 0 Å². The first-order valence-corrected chi connectivity index (χ1v) is 6.07. The van der Waals surface area contributed by atoms with Crippen molar-refractivity contribution in [1.29, 1.82) is 0 Å². The molecule has 0 nitrogen and oxygen atoms in total. The van der Waals surface area contributed by atoms with Crippen molar-refractivity contribution < 1.29 is 18.9 Å². The van der Waals surface area contributed by atoms with Gasteiger partial charge in [-0.3, -0.25) is 0 Å². The normalized spacial score (nSPS) is 9.68. The van der Waals surface area contributed by atoms with Crippen LogP contribution in [0.1, 0.15) is 0 Å². The molecule has 0 radical (unpaired) electrons. The molecule has 0 saturated heterocycles. The van der Waals surface area contributed by atoms with Crippen LogP contribution in [0.5, 0.6) is 0 Å². The zero-order chi connectivity index (χ0) is 12.2. The topological polar surface area (TPSA) is 0 Å². The Morgan fingerprint density at radius 3 is 1.32 bits per heavy atom. The Morgan fingerprint density at radius 2 is 0.895 bits per heavy atom. The van der Waals surface area contributed by atoms with E-state index in [9.17, 15) is 0 Å². The van der Waals surface area contributed by atoms with Crippen molar-refractivity contribution in [2.45, 2.75) is 0 Å². The molecule has 1 heteroatoms. The molecule has 0 saturated carbocycles. The van der Waals surface area contributed by atoms with E-state index in [2.05, 4.69) is 72.8 Å². The fraction of sp³-hybridized carbons (Fsp3) is 0. The van der Waals surface area contributed by atoms with Crippen LogP contribution in [0, 0.1) is 6.07 Å². The number of hydrogen-bond acceptors (Lipinski definition) is 0. The summed E-state index contributed by atoms with van der Waals surface area (Å²) in [5.74, 6) is 0. The zero-order valence-electron chi connectivity index (χ0n) is 11.0. The Balaban J connectivity index is 0.00000133. The van der Waals surface area contributed by atoms with Crippen molar-refractivity contribution >= 4 is 0 Å². The van der Waals surface area contributed by atoms with Crippen LogP contribution in [-0.4, -0.2) is 0 Å². The Hall–Kier alpha value is -1.74. The van der Waals surface area contributed by atoms with Crippen LogP contribution in [-0.2, 0) is 0 Å². The van der Waals surface area contributed by atoms with Gasteiger partial charge in [0.1, 0.15) is 0 Å². The minimum atomic E-state index is 0. The van der Waals surface area contributed by atoms with Gasteiger partial charge in [0.15, 0.2) is 0 Å². The summed E-state index contributed by atoms with van der Waals surface area (Å²) >= 11 is 0. The molecule has 0 aliphatic carbocycles. The summed E-state index contributed by atoms with van der Waals surface area (Å²) in [7, 11) is 0. The maximum atomic E-state index is 3.48. The molecule has 0 bridgehead atoms. The van der Waals surface area contributed by atoms with Crippen LogP contribution in [0.2, 0.25) is 0 Å². The van der Waals surface area contributed by atoms with Crippen LogP contribution < -0.4 is 18.9 Å². The van der Waals surface area contributed by atoms with E-state index in [-0.39, 0.29) is 18.9 Å². The first-order valence-electron chi connectivity index (χ1n) is 6.07. The van der Waals surface area contributed by atoms with Gasteiger partial charge in [0.05, 0.1) is 0 Å². The Kier molecular flexibility index (Phi) is 4.63. The van der Waals surface area contributed by atoms with Crippen LogP contribution in [0.15, 0.2) is 78.9 Å². The van der Waals surface area contributed by atoms with E-state index in [0.717, 1.165) is 11.1 Å². The molecule has 0 fully saturated rings. The summed E-state index contributed by atoms with van der Waals surface area (Å²) in [5, 5.41) is 0. The monoisotopic (exact) mass is 236 g/mol. The molecule has 3 aromatic carbocycles. The molecule has 0 N–H and O–H groups in total. The van der Waals surface area contributed by atoms with Gasteiger partial charge >= 0.3 is 18.9 Å². The smallest absolute Gasteiger partial charge is 0.129 e. The summed E-state index contributed by atoms with van der Waals surface area (Å²) < 4.78 is 0. The van der Waals surface area contributed by atoms with Crippen molar-refractivity contribution in [3.05, 3.63) is 84.9 Å². The Bertz CT molecular complexity index is 575. The first kappa shape index (κ1) is 13.7. The molecule has 0 atom stereocenters. The summed E-state index contributed by atoms with van der Waals surface area (Å²) in [5.41, 5.74) is 4.68. The average Bonchev–Trinajstić information content (AvgIpc) is 2.49. The minimum absolute atomic E-state index is 0. The molecule has 0 amide bonds. The fourth-order valence-electron chi connectivity index (χ4n) is 2.04. The molecule has 0 aromatic heterocycles. The van der Waals surface area contributed by atoms with Crippen LogP contribution in [0.3, 0.4) is 0 Å². The van der Waals surface area contributed by atoms with Crippen molar-refractivity contribution in [3.63, 3.8) is 0 Å².